The number of likely N-dealkylation sites (tertiary alicyclic amines) is 1. The number of nitrogens with zero attached hydrogens (tertiary/aromatic N) is 2. The molecule has 3 aromatic rings. The van der Waals surface area contributed by atoms with Crippen molar-refractivity contribution in [3.8, 4) is 11.3 Å². The lowest BCUT2D eigenvalue weighted by Gasteiger charge is -2.33. The summed E-state index contributed by atoms with van der Waals surface area (Å²) in [6, 6.07) is 15.3. The Morgan fingerprint density at radius 1 is 1.14 bits per heavy atom. The molecule has 0 bridgehead atoms. The van der Waals surface area contributed by atoms with Gasteiger partial charge in [-0.25, -0.2) is 0 Å². The van der Waals surface area contributed by atoms with Crippen molar-refractivity contribution < 1.29 is 13.7 Å². The standard InChI is InChI=1S/C22H25N3O3.ClH/c1-16-10-11-20(27-16)19(25-12-6-3-7-13-25)15-23-22(26)18-14-21(28-24-18)17-8-4-2-5-9-17;/h2,4-5,8-11,14,19H,3,6-7,12-13,15H2,1H3,(H,23,26);1H. The normalized spacial score (nSPS) is 15.5. The number of nitrogens with one attached hydrogen (secondary N) is 1. The van der Waals surface area contributed by atoms with Gasteiger partial charge in [0, 0.05) is 18.2 Å². The highest BCUT2D eigenvalue weighted by molar-refractivity contribution is 5.93. The van der Waals surface area contributed by atoms with Crippen molar-refractivity contribution in [3.05, 3.63) is 65.7 Å². The summed E-state index contributed by atoms with van der Waals surface area (Å²) in [6.07, 6.45) is 3.61. The smallest absolute Gasteiger partial charge is 0.273 e. The van der Waals surface area contributed by atoms with Gasteiger partial charge in [0.05, 0.1) is 6.04 Å². The van der Waals surface area contributed by atoms with E-state index in [0.717, 1.165) is 30.2 Å². The molecule has 1 N–H and O–H groups in total. The van der Waals surface area contributed by atoms with Gasteiger partial charge < -0.3 is 14.3 Å². The summed E-state index contributed by atoms with van der Waals surface area (Å²) >= 11 is 0. The molecule has 7 heteroatoms. The van der Waals surface area contributed by atoms with E-state index in [4.69, 9.17) is 8.94 Å². The van der Waals surface area contributed by atoms with Crippen molar-refractivity contribution in [2.45, 2.75) is 32.2 Å². The molecule has 1 amide bonds. The Hall–Kier alpha value is -2.57. The summed E-state index contributed by atoms with van der Waals surface area (Å²) in [5.74, 6) is 2.12. The molecule has 154 valence electrons. The monoisotopic (exact) mass is 415 g/mol. The Bertz CT molecular complexity index is 916. The van der Waals surface area contributed by atoms with Crippen LogP contribution in [0.1, 0.15) is 47.3 Å². The molecular formula is C22H26ClN3O3. The molecule has 1 unspecified atom stereocenters. The van der Waals surface area contributed by atoms with Crippen LogP contribution in [0.5, 0.6) is 0 Å². The Morgan fingerprint density at radius 2 is 1.90 bits per heavy atom. The number of hydrogen-bond acceptors (Lipinski definition) is 5. The van der Waals surface area contributed by atoms with Crippen molar-refractivity contribution in [1.82, 2.24) is 15.4 Å². The van der Waals surface area contributed by atoms with Gasteiger partial charge in [0.2, 0.25) is 0 Å². The zero-order valence-electron chi connectivity index (χ0n) is 16.5. The highest BCUT2D eigenvalue weighted by Crippen LogP contribution is 2.26. The van der Waals surface area contributed by atoms with Crippen molar-refractivity contribution in [2.75, 3.05) is 19.6 Å². The minimum atomic E-state index is -0.240. The van der Waals surface area contributed by atoms with E-state index < -0.39 is 0 Å². The molecule has 3 heterocycles. The van der Waals surface area contributed by atoms with Gasteiger partial charge in [-0.05, 0) is 45.0 Å². The van der Waals surface area contributed by atoms with Crippen LogP contribution in [0.15, 0.2) is 57.5 Å². The lowest BCUT2D eigenvalue weighted by Crippen LogP contribution is -2.40. The molecule has 1 atom stereocenters. The number of carbonyl (C=O) groups is 1. The van der Waals surface area contributed by atoms with E-state index in [1.54, 1.807) is 6.07 Å². The number of amides is 1. The first kappa shape index (κ1) is 21.1. The van der Waals surface area contributed by atoms with Gasteiger partial charge in [-0.1, -0.05) is 41.9 Å². The van der Waals surface area contributed by atoms with Crippen LogP contribution in [0.25, 0.3) is 11.3 Å². The Morgan fingerprint density at radius 3 is 2.59 bits per heavy atom. The molecule has 2 aromatic heterocycles. The van der Waals surface area contributed by atoms with E-state index >= 15 is 0 Å². The van der Waals surface area contributed by atoms with Crippen molar-refractivity contribution in [2.24, 2.45) is 0 Å². The molecule has 1 saturated heterocycles. The number of rotatable bonds is 6. The third-order valence-corrected chi connectivity index (χ3v) is 5.18. The maximum absolute atomic E-state index is 12.6. The molecule has 0 spiro atoms. The van der Waals surface area contributed by atoms with Gasteiger partial charge in [-0.15, -0.1) is 12.4 Å². The second-order valence-electron chi connectivity index (χ2n) is 7.21. The summed E-state index contributed by atoms with van der Waals surface area (Å²) in [5.41, 5.74) is 1.18. The van der Waals surface area contributed by atoms with Gasteiger partial charge in [0.1, 0.15) is 11.5 Å². The highest BCUT2D eigenvalue weighted by Gasteiger charge is 2.26. The van der Waals surface area contributed by atoms with E-state index in [1.807, 2.05) is 49.4 Å². The highest BCUT2D eigenvalue weighted by atomic mass is 35.5. The van der Waals surface area contributed by atoms with Crippen molar-refractivity contribution >= 4 is 18.3 Å². The lowest BCUT2D eigenvalue weighted by molar-refractivity contribution is 0.0905. The Kier molecular flexibility index (Phi) is 7.12. The minimum absolute atomic E-state index is 0. The zero-order chi connectivity index (χ0) is 19.3. The van der Waals surface area contributed by atoms with Crippen LogP contribution < -0.4 is 5.32 Å². The maximum atomic E-state index is 12.6. The predicted octanol–water partition coefficient (Wildman–Crippen LogP) is 4.62. The zero-order valence-corrected chi connectivity index (χ0v) is 17.3. The molecule has 1 aromatic carbocycles. The molecule has 6 nitrogen and oxygen atoms in total. The number of furan rings is 1. The first-order valence-electron chi connectivity index (χ1n) is 9.81. The van der Waals surface area contributed by atoms with Crippen LogP contribution in [0.2, 0.25) is 0 Å². The van der Waals surface area contributed by atoms with Crippen molar-refractivity contribution in [3.63, 3.8) is 0 Å². The fraction of sp³-hybridized carbons (Fsp3) is 0.364. The van der Waals surface area contributed by atoms with Gasteiger partial charge in [-0.3, -0.25) is 9.69 Å². The lowest BCUT2D eigenvalue weighted by atomic mass is 10.1. The molecule has 1 aliphatic rings. The summed E-state index contributed by atoms with van der Waals surface area (Å²) < 4.78 is 11.2. The Labute approximate surface area is 176 Å². The fourth-order valence-corrected chi connectivity index (χ4v) is 3.67. The minimum Gasteiger partial charge on any atom is -0.465 e. The van der Waals surface area contributed by atoms with E-state index in [2.05, 4.69) is 15.4 Å². The SMILES string of the molecule is Cc1ccc(C(CNC(=O)c2cc(-c3ccccc3)on2)N2CCCCC2)o1.Cl. The number of halogens is 1. The van der Waals surface area contributed by atoms with Gasteiger partial charge >= 0.3 is 0 Å². The number of piperidine rings is 1. The molecular weight excluding hydrogens is 390 g/mol. The topological polar surface area (TPSA) is 71.5 Å². The second kappa shape index (κ2) is 9.76. The summed E-state index contributed by atoms with van der Waals surface area (Å²) in [7, 11) is 0. The molecule has 1 aliphatic heterocycles. The third kappa shape index (κ3) is 5.08. The van der Waals surface area contributed by atoms with Crippen LogP contribution in [0.4, 0.5) is 0 Å². The van der Waals surface area contributed by atoms with Crippen LogP contribution in [-0.2, 0) is 0 Å². The molecule has 4 rings (SSSR count). The molecule has 0 radical (unpaired) electrons. The van der Waals surface area contributed by atoms with Crippen LogP contribution in [-0.4, -0.2) is 35.6 Å². The van der Waals surface area contributed by atoms with E-state index in [0.29, 0.717) is 12.3 Å². The van der Waals surface area contributed by atoms with Crippen LogP contribution in [0.3, 0.4) is 0 Å². The van der Waals surface area contributed by atoms with Crippen molar-refractivity contribution in [1.29, 1.82) is 0 Å². The predicted molar refractivity (Wildman–Crippen MR) is 113 cm³/mol. The van der Waals surface area contributed by atoms with Gasteiger partial charge in [0.15, 0.2) is 11.5 Å². The molecule has 29 heavy (non-hydrogen) atoms. The average molecular weight is 416 g/mol. The number of aryl methyl sites for hydroxylation is 1. The van der Waals surface area contributed by atoms with Crippen LogP contribution in [0, 0.1) is 6.92 Å². The second-order valence-corrected chi connectivity index (χ2v) is 7.21. The van der Waals surface area contributed by atoms with Crippen LogP contribution >= 0.6 is 12.4 Å². The van der Waals surface area contributed by atoms with Gasteiger partial charge in [-0.2, -0.15) is 0 Å². The van der Waals surface area contributed by atoms with Gasteiger partial charge in [0.25, 0.3) is 5.91 Å². The molecule has 0 aliphatic carbocycles. The number of hydrogen-bond donors (Lipinski definition) is 1. The Balaban J connectivity index is 0.00000240. The quantitative estimate of drug-likeness (QED) is 0.635. The number of benzene rings is 1. The first-order chi connectivity index (χ1) is 13.7. The van der Waals surface area contributed by atoms with E-state index in [9.17, 15) is 4.79 Å². The third-order valence-electron chi connectivity index (χ3n) is 5.18. The largest absolute Gasteiger partial charge is 0.465 e. The maximum Gasteiger partial charge on any atom is 0.273 e. The molecule has 1 fully saturated rings. The van der Waals surface area contributed by atoms with E-state index in [1.165, 1.54) is 19.3 Å². The fourth-order valence-electron chi connectivity index (χ4n) is 3.67. The average Bonchev–Trinajstić information content (AvgIpc) is 3.39. The van der Waals surface area contributed by atoms with E-state index in [-0.39, 0.29) is 30.0 Å². The first-order valence-corrected chi connectivity index (χ1v) is 9.81. The number of carbonyl (C=O) groups excluding carboxylic acids is 1. The summed E-state index contributed by atoms with van der Waals surface area (Å²) in [5, 5.41) is 6.94. The summed E-state index contributed by atoms with van der Waals surface area (Å²) in [4.78, 5) is 15.0. The summed E-state index contributed by atoms with van der Waals surface area (Å²) in [6.45, 7) is 4.44. The number of aromatic nitrogens is 1. The molecule has 0 saturated carbocycles.